The van der Waals surface area contributed by atoms with Crippen LogP contribution in [0.1, 0.15) is 27.7 Å². The fourth-order valence-electron chi connectivity index (χ4n) is 1.47. The van der Waals surface area contributed by atoms with Gasteiger partial charge in [-0.25, -0.2) is 0 Å². The highest BCUT2D eigenvalue weighted by molar-refractivity contribution is 5.85. The van der Waals surface area contributed by atoms with Gasteiger partial charge in [-0.1, -0.05) is 13.8 Å². The van der Waals surface area contributed by atoms with E-state index in [2.05, 4.69) is 33.0 Å². The topological polar surface area (TPSA) is 41.6 Å². The predicted octanol–water partition coefficient (Wildman–Crippen LogP) is 1.54. The summed E-state index contributed by atoms with van der Waals surface area (Å²) in [5.41, 5.74) is 0. The summed E-state index contributed by atoms with van der Waals surface area (Å²) < 4.78 is 4.91. The zero-order valence-corrected chi connectivity index (χ0v) is 12.5. The Labute approximate surface area is 111 Å². The zero-order valence-electron chi connectivity index (χ0n) is 11.7. The predicted molar refractivity (Wildman–Crippen MR) is 73.7 cm³/mol. The molecule has 0 spiro atoms. The molecule has 0 aromatic heterocycles. The summed E-state index contributed by atoms with van der Waals surface area (Å²) in [6, 6.07) is 0.263. The standard InChI is InChI=1S/C12H26N2O2.ClH/c1-10(2)9-14(11(3)4)12(15)8-13-6-7-16-5;/h10-11,13H,6-9H2,1-5H3;1H. The number of rotatable bonds is 8. The average Bonchev–Trinajstić information content (AvgIpc) is 2.20. The maximum atomic E-state index is 11.9. The lowest BCUT2D eigenvalue weighted by Gasteiger charge is -2.28. The van der Waals surface area contributed by atoms with Crippen LogP contribution in [0.25, 0.3) is 0 Å². The Hall–Kier alpha value is -0.320. The fourth-order valence-corrected chi connectivity index (χ4v) is 1.47. The highest BCUT2D eigenvalue weighted by Crippen LogP contribution is 2.04. The molecule has 0 atom stereocenters. The van der Waals surface area contributed by atoms with E-state index in [1.807, 2.05) is 4.90 Å². The fraction of sp³-hybridized carbons (Fsp3) is 0.917. The van der Waals surface area contributed by atoms with Gasteiger partial charge in [0.05, 0.1) is 13.2 Å². The molecule has 5 heteroatoms. The molecule has 0 aliphatic heterocycles. The molecule has 0 aromatic rings. The summed E-state index contributed by atoms with van der Waals surface area (Å²) in [6.07, 6.45) is 0. The van der Waals surface area contributed by atoms with Crippen LogP contribution in [0.5, 0.6) is 0 Å². The van der Waals surface area contributed by atoms with E-state index in [9.17, 15) is 4.79 Å². The summed E-state index contributed by atoms with van der Waals surface area (Å²) in [6.45, 7) is 10.9. The second-order valence-electron chi connectivity index (χ2n) is 4.70. The Morgan fingerprint density at radius 1 is 1.29 bits per heavy atom. The lowest BCUT2D eigenvalue weighted by Crippen LogP contribution is -2.44. The molecule has 4 nitrogen and oxygen atoms in total. The van der Waals surface area contributed by atoms with E-state index in [1.165, 1.54) is 0 Å². The molecule has 104 valence electrons. The first-order valence-corrected chi connectivity index (χ1v) is 5.98. The molecule has 1 amide bonds. The third-order valence-corrected chi connectivity index (χ3v) is 2.26. The molecule has 0 heterocycles. The van der Waals surface area contributed by atoms with Gasteiger partial charge in [-0.3, -0.25) is 4.79 Å². The maximum absolute atomic E-state index is 11.9. The molecule has 0 saturated carbocycles. The van der Waals surface area contributed by atoms with Crippen molar-refractivity contribution in [3.63, 3.8) is 0 Å². The summed E-state index contributed by atoms with van der Waals surface area (Å²) in [5, 5.41) is 3.08. The molecule has 0 rings (SSSR count). The number of hydrogen-bond donors (Lipinski definition) is 1. The van der Waals surface area contributed by atoms with E-state index in [4.69, 9.17) is 4.74 Å². The Kier molecular flexibility index (Phi) is 12.1. The van der Waals surface area contributed by atoms with Crippen molar-refractivity contribution in [2.75, 3.05) is 33.4 Å². The SMILES string of the molecule is COCCNCC(=O)N(CC(C)C)C(C)C.Cl. The van der Waals surface area contributed by atoms with Gasteiger partial charge in [0.15, 0.2) is 0 Å². The van der Waals surface area contributed by atoms with Crippen LogP contribution >= 0.6 is 12.4 Å². The van der Waals surface area contributed by atoms with Crippen LogP contribution in [0, 0.1) is 5.92 Å². The van der Waals surface area contributed by atoms with Gasteiger partial charge in [-0.15, -0.1) is 12.4 Å². The number of ether oxygens (including phenoxy) is 1. The number of nitrogens with one attached hydrogen (secondary N) is 1. The molecule has 0 fully saturated rings. The summed E-state index contributed by atoms with van der Waals surface area (Å²) in [4.78, 5) is 13.8. The minimum absolute atomic E-state index is 0. The molecule has 0 radical (unpaired) electrons. The number of methoxy groups -OCH3 is 1. The van der Waals surface area contributed by atoms with Gasteiger partial charge >= 0.3 is 0 Å². The van der Waals surface area contributed by atoms with Crippen molar-refractivity contribution in [3.8, 4) is 0 Å². The van der Waals surface area contributed by atoms with Gasteiger partial charge in [0.25, 0.3) is 0 Å². The van der Waals surface area contributed by atoms with Crippen molar-refractivity contribution >= 4 is 18.3 Å². The first-order valence-electron chi connectivity index (χ1n) is 5.98. The Bertz CT molecular complexity index is 199. The van der Waals surface area contributed by atoms with Gasteiger partial charge in [0.1, 0.15) is 0 Å². The van der Waals surface area contributed by atoms with E-state index in [-0.39, 0.29) is 24.4 Å². The smallest absolute Gasteiger partial charge is 0.236 e. The van der Waals surface area contributed by atoms with Crippen LogP contribution < -0.4 is 5.32 Å². The zero-order chi connectivity index (χ0) is 12.6. The Morgan fingerprint density at radius 2 is 1.88 bits per heavy atom. The second kappa shape index (κ2) is 10.8. The lowest BCUT2D eigenvalue weighted by atomic mass is 10.2. The van der Waals surface area contributed by atoms with Crippen LogP contribution in [0.3, 0.4) is 0 Å². The maximum Gasteiger partial charge on any atom is 0.236 e. The van der Waals surface area contributed by atoms with E-state index in [0.29, 0.717) is 19.1 Å². The lowest BCUT2D eigenvalue weighted by molar-refractivity contribution is -0.132. The minimum atomic E-state index is 0. The number of carbonyl (C=O) groups is 1. The van der Waals surface area contributed by atoms with Gasteiger partial charge in [0.2, 0.25) is 5.91 Å². The van der Waals surface area contributed by atoms with E-state index in [0.717, 1.165) is 13.1 Å². The van der Waals surface area contributed by atoms with E-state index in [1.54, 1.807) is 7.11 Å². The van der Waals surface area contributed by atoms with Crippen LogP contribution in [0.2, 0.25) is 0 Å². The average molecular weight is 267 g/mol. The molecule has 0 aromatic carbocycles. The van der Waals surface area contributed by atoms with Crippen molar-refractivity contribution in [2.24, 2.45) is 5.92 Å². The monoisotopic (exact) mass is 266 g/mol. The highest BCUT2D eigenvalue weighted by atomic mass is 35.5. The highest BCUT2D eigenvalue weighted by Gasteiger charge is 2.17. The molecular weight excluding hydrogens is 240 g/mol. The normalized spacial score (nSPS) is 10.5. The van der Waals surface area contributed by atoms with E-state index >= 15 is 0 Å². The Morgan fingerprint density at radius 3 is 2.29 bits per heavy atom. The number of nitrogens with zero attached hydrogens (tertiary/aromatic N) is 1. The van der Waals surface area contributed by atoms with Crippen molar-refractivity contribution in [3.05, 3.63) is 0 Å². The van der Waals surface area contributed by atoms with Crippen molar-refractivity contribution in [1.82, 2.24) is 10.2 Å². The number of halogens is 1. The first kappa shape index (κ1) is 19.0. The molecule has 0 bridgehead atoms. The molecule has 0 saturated heterocycles. The van der Waals surface area contributed by atoms with Gasteiger partial charge in [-0.05, 0) is 19.8 Å². The third-order valence-electron chi connectivity index (χ3n) is 2.26. The second-order valence-corrected chi connectivity index (χ2v) is 4.70. The summed E-state index contributed by atoms with van der Waals surface area (Å²) in [7, 11) is 1.66. The van der Waals surface area contributed by atoms with Crippen molar-refractivity contribution in [1.29, 1.82) is 0 Å². The number of carbonyl (C=O) groups excluding carboxylic acids is 1. The number of amides is 1. The van der Waals surface area contributed by atoms with Gasteiger partial charge in [0, 0.05) is 26.2 Å². The quantitative estimate of drug-likeness (QED) is 0.678. The summed E-state index contributed by atoms with van der Waals surface area (Å²) in [5.74, 6) is 0.671. The molecule has 0 unspecified atom stereocenters. The van der Waals surface area contributed by atoms with E-state index < -0.39 is 0 Å². The minimum Gasteiger partial charge on any atom is -0.383 e. The van der Waals surface area contributed by atoms with Crippen LogP contribution in [0.15, 0.2) is 0 Å². The molecule has 0 aliphatic carbocycles. The number of hydrogen-bond acceptors (Lipinski definition) is 3. The van der Waals surface area contributed by atoms with Crippen molar-refractivity contribution < 1.29 is 9.53 Å². The van der Waals surface area contributed by atoms with Crippen LogP contribution in [-0.4, -0.2) is 50.2 Å². The van der Waals surface area contributed by atoms with Crippen LogP contribution in [-0.2, 0) is 9.53 Å². The van der Waals surface area contributed by atoms with Gasteiger partial charge < -0.3 is 15.0 Å². The first-order chi connectivity index (χ1) is 7.49. The van der Waals surface area contributed by atoms with Crippen molar-refractivity contribution in [2.45, 2.75) is 33.7 Å². The molecule has 1 N–H and O–H groups in total. The van der Waals surface area contributed by atoms with Crippen LogP contribution in [0.4, 0.5) is 0 Å². The molecule has 17 heavy (non-hydrogen) atoms. The molecule has 0 aliphatic rings. The van der Waals surface area contributed by atoms with Gasteiger partial charge in [-0.2, -0.15) is 0 Å². The largest absolute Gasteiger partial charge is 0.383 e. The third kappa shape index (κ3) is 9.39. The summed E-state index contributed by atoms with van der Waals surface area (Å²) >= 11 is 0. The molecular formula is C12H27ClN2O2. The Balaban J connectivity index is 0.